The number of hydrogen-bond donors (Lipinski definition) is 1. The first-order valence-corrected chi connectivity index (χ1v) is 5.68. The Morgan fingerprint density at radius 1 is 1.28 bits per heavy atom. The van der Waals surface area contributed by atoms with Gasteiger partial charge < -0.3 is 5.73 Å². The normalized spacial score (nSPS) is 12.4. The van der Waals surface area contributed by atoms with Crippen molar-refractivity contribution < 1.29 is 8.78 Å². The Labute approximate surface area is 104 Å². The molecule has 0 saturated carbocycles. The molecule has 2 nitrogen and oxygen atoms in total. The van der Waals surface area contributed by atoms with Gasteiger partial charge in [0, 0.05) is 18.4 Å². The molecule has 2 N–H and O–H groups in total. The number of pyridine rings is 1. The molecule has 1 aromatic carbocycles. The van der Waals surface area contributed by atoms with Crippen LogP contribution in [0.4, 0.5) is 8.78 Å². The zero-order valence-electron chi connectivity index (χ0n) is 10.0. The molecular formula is C14H14F2N2. The molecule has 1 unspecified atom stereocenters. The second-order valence-corrected chi connectivity index (χ2v) is 4.28. The van der Waals surface area contributed by atoms with E-state index in [0.29, 0.717) is 5.56 Å². The van der Waals surface area contributed by atoms with Gasteiger partial charge in [-0.25, -0.2) is 8.78 Å². The van der Waals surface area contributed by atoms with Gasteiger partial charge in [-0.15, -0.1) is 0 Å². The molecule has 0 aliphatic rings. The van der Waals surface area contributed by atoms with Crippen LogP contribution in [0.25, 0.3) is 0 Å². The average molecular weight is 248 g/mol. The smallest absolute Gasteiger partial charge is 0.126 e. The largest absolute Gasteiger partial charge is 0.324 e. The van der Waals surface area contributed by atoms with Crippen LogP contribution in [0.3, 0.4) is 0 Å². The Bertz CT molecular complexity index is 555. The maximum absolute atomic E-state index is 13.5. The highest BCUT2D eigenvalue weighted by Crippen LogP contribution is 2.20. The van der Waals surface area contributed by atoms with Crippen molar-refractivity contribution in [2.45, 2.75) is 19.4 Å². The summed E-state index contributed by atoms with van der Waals surface area (Å²) in [5.74, 6) is -0.886. The summed E-state index contributed by atoms with van der Waals surface area (Å²) in [6.45, 7) is 1.89. The molecular weight excluding hydrogens is 234 g/mol. The highest BCUT2D eigenvalue weighted by molar-refractivity contribution is 5.28. The summed E-state index contributed by atoms with van der Waals surface area (Å²) in [6, 6.07) is 4.84. The topological polar surface area (TPSA) is 38.9 Å². The lowest BCUT2D eigenvalue weighted by Crippen LogP contribution is -2.15. The number of nitrogens with two attached hydrogens (primary N) is 1. The Balaban J connectivity index is 2.24. The second-order valence-electron chi connectivity index (χ2n) is 4.28. The van der Waals surface area contributed by atoms with Crippen molar-refractivity contribution >= 4 is 0 Å². The first kappa shape index (κ1) is 12.6. The van der Waals surface area contributed by atoms with Crippen LogP contribution in [-0.4, -0.2) is 4.98 Å². The molecule has 0 saturated heterocycles. The Kier molecular flexibility index (Phi) is 3.67. The molecule has 94 valence electrons. The van der Waals surface area contributed by atoms with Crippen LogP contribution in [0, 0.1) is 18.6 Å². The fourth-order valence-corrected chi connectivity index (χ4v) is 1.95. The number of benzene rings is 1. The van der Waals surface area contributed by atoms with Crippen LogP contribution < -0.4 is 5.73 Å². The predicted octanol–water partition coefficient (Wildman–Crippen LogP) is 2.91. The lowest BCUT2D eigenvalue weighted by atomic mass is 9.97. The van der Waals surface area contributed by atoms with Gasteiger partial charge in [0.15, 0.2) is 0 Å². The molecule has 1 aromatic heterocycles. The van der Waals surface area contributed by atoms with E-state index >= 15 is 0 Å². The Morgan fingerprint density at radius 2 is 2.06 bits per heavy atom. The van der Waals surface area contributed by atoms with Gasteiger partial charge in [-0.2, -0.15) is 0 Å². The van der Waals surface area contributed by atoms with Crippen molar-refractivity contribution in [3.63, 3.8) is 0 Å². The molecule has 0 fully saturated rings. The summed E-state index contributed by atoms with van der Waals surface area (Å²) < 4.78 is 26.6. The van der Waals surface area contributed by atoms with Crippen molar-refractivity contribution in [2.75, 3.05) is 0 Å². The fraction of sp³-hybridized carbons (Fsp3) is 0.214. The summed E-state index contributed by atoms with van der Waals surface area (Å²) in [4.78, 5) is 3.98. The van der Waals surface area contributed by atoms with Crippen molar-refractivity contribution in [3.8, 4) is 0 Å². The fourth-order valence-electron chi connectivity index (χ4n) is 1.95. The second kappa shape index (κ2) is 5.23. The van der Waals surface area contributed by atoms with Crippen LogP contribution >= 0.6 is 0 Å². The predicted molar refractivity (Wildman–Crippen MR) is 66.0 cm³/mol. The van der Waals surface area contributed by atoms with Crippen molar-refractivity contribution in [1.82, 2.24) is 4.98 Å². The van der Waals surface area contributed by atoms with Crippen LogP contribution in [0.1, 0.15) is 22.7 Å². The van der Waals surface area contributed by atoms with E-state index in [0.717, 1.165) is 23.3 Å². The van der Waals surface area contributed by atoms with Gasteiger partial charge >= 0.3 is 0 Å². The molecule has 2 rings (SSSR count). The molecule has 0 bridgehead atoms. The van der Waals surface area contributed by atoms with Gasteiger partial charge in [0.25, 0.3) is 0 Å². The van der Waals surface area contributed by atoms with Crippen LogP contribution in [0.15, 0.2) is 36.7 Å². The SMILES string of the molecule is Cc1cnccc1C(N)Cc1cc(F)ccc1F. The van der Waals surface area contributed by atoms with Gasteiger partial charge in [0.2, 0.25) is 0 Å². The maximum atomic E-state index is 13.5. The third kappa shape index (κ3) is 2.71. The summed E-state index contributed by atoms with van der Waals surface area (Å²) >= 11 is 0. The van der Waals surface area contributed by atoms with Crippen LogP contribution in [0.2, 0.25) is 0 Å². The Hall–Kier alpha value is -1.81. The third-order valence-electron chi connectivity index (χ3n) is 2.91. The van der Waals surface area contributed by atoms with E-state index in [9.17, 15) is 8.78 Å². The van der Waals surface area contributed by atoms with E-state index in [1.807, 2.05) is 6.92 Å². The first-order valence-electron chi connectivity index (χ1n) is 5.68. The van der Waals surface area contributed by atoms with Crippen molar-refractivity contribution in [3.05, 3.63) is 65.0 Å². The highest BCUT2D eigenvalue weighted by Gasteiger charge is 2.13. The van der Waals surface area contributed by atoms with Gasteiger partial charge in [0.05, 0.1) is 0 Å². The minimum Gasteiger partial charge on any atom is -0.324 e. The molecule has 0 amide bonds. The van der Waals surface area contributed by atoms with Crippen LogP contribution in [0.5, 0.6) is 0 Å². The highest BCUT2D eigenvalue weighted by atomic mass is 19.1. The number of nitrogens with zero attached hydrogens (tertiary/aromatic N) is 1. The van der Waals surface area contributed by atoms with E-state index < -0.39 is 11.6 Å². The van der Waals surface area contributed by atoms with Crippen LogP contribution in [-0.2, 0) is 6.42 Å². The van der Waals surface area contributed by atoms with Crippen molar-refractivity contribution in [1.29, 1.82) is 0 Å². The molecule has 1 atom stereocenters. The number of halogens is 2. The zero-order valence-corrected chi connectivity index (χ0v) is 10.0. The number of rotatable bonds is 3. The summed E-state index contributed by atoms with van der Waals surface area (Å²) in [5.41, 5.74) is 8.16. The van der Waals surface area contributed by atoms with E-state index in [1.165, 1.54) is 6.07 Å². The number of aryl methyl sites for hydroxylation is 1. The van der Waals surface area contributed by atoms with Gasteiger partial charge in [-0.1, -0.05) is 0 Å². The maximum Gasteiger partial charge on any atom is 0.126 e. The summed E-state index contributed by atoms with van der Waals surface area (Å²) in [7, 11) is 0. The number of hydrogen-bond acceptors (Lipinski definition) is 2. The molecule has 0 spiro atoms. The minimum atomic E-state index is -0.454. The molecule has 0 aliphatic heterocycles. The molecule has 4 heteroatoms. The Morgan fingerprint density at radius 3 is 2.78 bits per heavy atom. The molecule has 18 heavy (non-hydrogen) atoms. The van der Waals surface area contributed by atoms with E-state index in [2.05, 4.69) is 4.98 Å². The molecule has 0 aliphatic carbocycles. The lowest BCUT2D eigenvalue weighted by Gasteiger charge is -2.14. The summed E-state index contributed by atoms with van der Waals surface area (Å²) in [5, 5.41) is 0. The average Bonchev–Trinajstić information content (AvgIpc) is 2.34. The third-order valence-corrected chi connectivity index (χ3v) is 2.91. The molecule has 0 radical (unpaired) electrons. The van der Waals surface area contributed by atoms with E-state index in [1.54, 1.807) is 18.5 Å². The summed E-state index contributed by atoms with van der Waals surface area (Å²) in [6.07, 6.45) is 3.61. The van der Waals surface area contributed by atoms with E-state index in [-0.39, 0.29) is 12.5 Å². The van der Waals surface area contributed by atoms with E-state index in [4.69, 9.17) is 5.73 Å². The van der Waals surface area contributed by atoms with Gasteiger partial charge in [0.1, 0.15) is 11.6 Å². The van der Waals surface area contributed by atoms with Gasteiger partial charge in [-0.3, -0.25) is 4.98 Å². The zero-order chi connectivity index (χ0) is 13.1. The monoisotopic (exact) mass is 248 g/mol. The molecule has 1 heterocycles. The lowest BCUT2D eigenvalue weighted by molar-refractivity contribution is 0.572. The quantitative estimate of drug-likeness (QED) is 0.907. The standard InChI is InChI=1S/C14H14F2N2/c1-9-8-18-5-4-12(9)14(17)7-10-6-11(15)2-3-13(10)16/h2-6,8,14H,7,17H2,1H3. The first-order chi connectivity index (χ1) is 8.58. The minimum absolute atomic E-state index is 0.258. The van der Waals surface area contributed by atoms with Gasteiger partial charge in [-0.05, 0) is 54.3 Å². The van der Waals surface area contributed by atoms with Crippen molar-refractivity contribution in [2.24, 2.45) is 5.73 Å². The number of aromatic nitrogens is 1. The molecule has 2 aromatic rings.